The van der Waals surface area contributed by atoms with Crippen molar-refractivity contribution in [1.29, 1.82) is 0 Å². The summed E-state index contributed by atoms with van der Waals surface area (Å²) in [5.74, 6) is 0.893. The number of hydrogen-bond acceptors (Lipinski definition) is 4. The SMILES string of the molecule is COCC(CNC(C)Cc1ccc(OC)cc1)OC. The van der Waals surface area contributed by atoms with Crippen molar-refractivity contribution in [2.45, 2.75) is 25.5 Å². The molecular formula is C15H25NO3. The van der Waals surface area contributed by atoms with E-state index in [-0.39, 0.29) is 6.10 Å². The zero-order valence-electron chi connectivity index (χ0n) is 12.3. The third-order valence-electron chi connectivity index (χ3n) is 3.08. The lowest BCUT2D eigenvalue weighted by molar-refractivity contribution is 0.0276. The lowest BCUT2D eigenvalue weighted by atomic mass is 10.1. The highest BCUT2D eigenvalue weighted by molar-refractivity contribution is 5.27. The van der Waals surface area contributed by atoms with E-state index in [1.54, 1.807) is 21.3 Å². The molecule has 19 heavy (non-hydrogen) atoms. The topological polar surface area (TPSA) is 39.7 Å². The first-order chi connectivity index (χ1) is 9.19. The maximum absolute atomic E-state index is 5.32. The molecule has 0 aliphatic heterocycles. The Labute approximate surface area is 116 Å². The predicted octanol–water partition coefficient (Wildman–Crippen LogP) is 1.88. The van der Waals surface area contributed by atoms with Crippen molar-refractivity contribution in [3.63, 3.8) is 0 Å². The Hall–Kier alpha value is -1.10. The molecule has 1 N–H and O–H groups in total. The van der Waals surface area contributed by atoms with E-state index in [0.717, 1.165) is 18.7 Å². The summed E-state index contributed by atoms with van der Waals surface area (Å²) in [4.78, 5) is 0. The summed E-state index contributed by atoms with van der Waals surface area (Å²) in [5, 5.41) is 3.46. The molecule has 0 saturated carbocycles. The lowest BCUT2D eigenvalue weighted by Crippen LogP contribution is -2.37. The molecule has 0 amide bonds. The first-order valence-electron chi connectivity index (χ1n) is 6.57. The highest BCUT2D eigenvalue weighted by Gasteiger charge is 2.09. The van der Waals surface area contributed by atoms with E-state index in [2.05, 4.69) is 24.4 Å². The van der Waals surface area contributed by atoms with Crippen LogP contribution in [0, 0.1) is 0 Å². The molecule has 1 aromatic carbocycles. The van der Waals surface area contributed by atoms with Crippen LogP contribution in [0.3, 0.4) is 0 Å². The largest absolute Gasteiger partial charge is 0.497 e. The van der Waals surface area contributed by atoms with Crippen LogP contribution in [0.4, 0.5) is 0 Å². The third-order valence-corrected chi connectivity index (χ3v) is 3.08. The lowest BCUT2D eigenvalue weighted by Gasteiger charge is -2.19. The van der Waals surface area contributed by atoms with Gasteiger partial charge in [-0.15, -0.1) is 0 Å². The van der Waals surface area contributed by atoms with E-state index in [1.165, 1.54) is 5.56 Å². The fourth-order valence-electron chi connectivity index (χ4n) is 1.92. The van der Waals surface area contributed by atoms with Crippen LogP contribution in [0.1, 0.15) is 12.5 Å². The Balaban J connectivity index is 2.35. The van der Waals surface area contributed by atoms with Crippen molar-refractivity contribution in [3.05, 3.63) is 29.8 Å². The number of nitrogens with one attached hydrogen (secondary N) is 1. The summed E-state index contributed by atoms with van der Waals surface area (Å²) in [6.45, 7) is 3.57. The Morgan fingerprint density at radius 1 is 1.11 bits per heavy atom. The van der Waals surface area contributed by atoms with E-state index >= 15 is 0 Å². The van der Waals surface area contributed by atoms with Gasteiger partial charge in [0, 0.05) is 26.8 Å². The summed E-state index contributed by atoms with van der Waals surface area (Å²) in [6, 6.07) is 8.57. The fourth-order valence-corrected chi connectivity index (χ4v) is 1.92. The first-order valence-corrected chi connectivity index (χ1v) is 6.57. The van der Waals surface area contributed by atoms with Crippen molar-refractivity contribution in [2.75, 3.05) is 34.5 Å². The Morgan fingerprint density at radius 2 is 1.79 bits per heavy atom. The summed E-state index contributed by atoms with van der Waals surface area (Å²) in [7, 11) is 5.08. The maximum atomic E-state index is 5.32. The molecule has 2 unspecified atom stereocenters. The van der Waals surface area contributed by atoms with Gasteiger partial charge in [0.05, 0.1) is 19.8 Å². The van der Waals surface area contributed by atoms with Gasteiger partial charge in [0.25, 0.3) is 0 Å². The number of benzene rings is 1. The van der Waals surface area contributed by atoms with E-state index in [0.29, 0.717) is 12.6 Å². The minimum atomic E-state index is 0.100. The summed E-state index contributed by atoms with van der Waals surface area (Å²) in [6.07, 6.45) is 1.08. The smallest absolute Gasteiger partial charge is 0.118 e. The summed E-state index contributed by atoms with van der Waals surface area (Å²) < 4.78 is 15.6. The van der Waals surface area contributed by atoms with Crippen molar-refractivity contribution in [2.24, 2.45) is 0 Å². The van der Waals surface area contributed by atoms with Gasteiger partial charge in [-0.3, -0.25) is 0 Å². The minimum Gasteiger partial charge on any atom is -0.497 e. The number of hydrogen-bond donors (Lipinski definition) is 1. The molecule has 0 fully saturated rings. The number of ether oxygens (including phenoxy) is 3. The van der Waals surface area contributed by atoms with Gasteiger partial charge in [0.1, 0.15) is 5.75 Å². The summed E-state index contributed by atoms with van der Waals surface area (Å²) >= 11 is 0. The predicted molar refractivity (Wildman–Crippen MR) is 76.8 cm³/mol. The molecule has 0 aliphatic carbocycles. The second-order valence-electron chi connectivity index (χ2n) is 4.67. The molecule has 108 valence electrons. The average Bonchev–Trinajstić information content (AvgIpc) is 2.44. The van der Waals surface area contributed by atoms with Crippen LogP contribution < -0.4 is 10.1 Å². The van der Waals surface area contributed by atoms with Crippen LogP contribution in [0.15, 0.2) is 24.3 Å². The molecule has 0 aliphatic rings. The van der Waals surface area contributed by atoms with Crippen LogP contribution in [-0.4, -0.2) is 46.6 Å². The molecule has 4 nitrogen and oxygen atoms in total. The first kappa shape index (κ1) is 16.0. The normalized spacial score (nSPS) is 14.1. The van der Waals surface area contributed by atoms with Gasteiger partial charge >= 0.3 is 0 Å². The zero-order chi connectivity index (χ0) is 14.1. The van der Waals surface area contributed by atoms with Gasteiger partial charge in [-0.05, 0) is 31.0 Å². The van der Waals surface area contributed by atoms with Crippen molar-refractivity contribution in [1.82, 2.24) is 5.32 Å². The molecule has 4 heteroatoms. The van der Waals surface area contributed by atoms with Crippen LogP contribution >= 0.6 is 0 Å². The molecular weight excluding hydrogens is 242 g/mol. The van der Waals surface area contributed by atoms with Crippen LogP contribution in [0.25, 0.3) is 0 Å². The second-order valence-corrected chi connectivity index (χ2v) is 4.67. The Morgan fingerprint density at radius 3 is 2.32 bits per heavy atom. The van der Waals surface area contributed by atoms with Gasteiger partial charge in [-0.1, -0.05) is 12.1 Å². The molecule has 0 radical (unpaired) electrons. The maximum Gasteiger partial charge on any atom is 0.118 e. The molecule has 0 saturated heterocycles. The molecule has 1 rings (SSSR count). The second kappa shape index (κ2) is 8.91. The molecule has 0 heterocycles. The van der Waals surface area contributed by atoms with Gasteiger partial charge in [0.2, 0.25) is 0 Å². The molecule has 0 bridgehead atoms. The van der Waals surface area contributed by atoms with Gasteiger partial charge < -0.3 is 19.5 Å². The molecule has 2 atom stereocenters. The van der Waals surface area contributed by atoms with Gasteiger partial charge in [-0.2, -0.15) is 0 Å². The minimum absolute atomic E-state index is 0.100. The summed E-state index contributed by atoms with van der Waals surface area (Å²) in [5.41, 5.74) is 1.29. The van der Waals surface area contributed by atoms with Crippen molar-refractivity contribution >= 4 is 0 Å². The van der Waals surface area contributed by atoms with E-state index in [9.17, 15) is 0 Å². The monoisotopic (exact) mass is 267 g/mol. The van der Waals surface area contributed by atoms with Crippen LogP contribution in [0.5, 0.6) is 5.75 Å². The van der Waals surface area contributed by atoms with Gasteiger partial charge in [0.15, 0.2) is 0 Å². The van der Waals surface area contributed by atoms with Gasteiger partial charge in [-0.25, -0.2) is 0 Å². The van der Waals surface area contributed by atoms with Crippen LogP contribution in [0.2, 0.25) is 0 Å². The van der Waals surface area contributed by atoms with Crippen LogP contribution in [-0.2, 0) is 15.9 Å². The van der Waals surface area contributed by atoms with E-state index in [1.807, 2.05) is 12.1 Å². The Bertz CT molecular complexity index is 340. The van der Waals surface area contributed by atoms with Crippen molar-refractivity contribution < 1.29 is 14.2 Å². The average molecular weight is 267 g/mol. The van der Waals surface area contributed by atoms with E-state index in [4.69, 9.17) is 14.2 Å². The highest BCUT2D eigenvalue weighted by atomic mass is 16.5. The third kappa shape index (κ3) is 6.05. The number of methoxy groups -OCH3 is 3. The molecule has 1 aromatic rings. The zero-order valence-corrected chi connectivity index (χ0v) is 12.3. The molecule has 0 spiro atoms. The standard InChI is InChI=1S/C15H25NO3/c1-12(16-10-15(19-4)11-17-2)9-13-5-7-14(18-3)8-6-13/h5-8,12,15-16H,9-11H2,1-4H3. The van der Waals surface area contributed by atoms with E-state index < -0.39 is 0 Å². The highest BCUT2D eigenvalue weighted by Crippen LogP contribution is 2.12. The van der Waals surface area contributed by atoms with Crippen molar-refractivity contribution in [3.8, 4) is 5.75 Å². The fraction of sp³-hybridized carbons (Fsp3) is 0.600. The Kier molecular flexibility index (Phi) is 7.48. The molecule has 0 aromatic heterocycles. The number of rotatable bonds is 9. The quantitative estimate of drug-likeness (QED) is 0.741.